The summed E-state index contributed by atoms with van der Waals surface area (Å²) in [5.74, 6) is 0.0694. The molecule has 25 heavy (non-hydrogen) atoms. The molecule has 3 N–H and O–H groups in total. The highest BCUT2D eigenvalue weighted by atomic mass is 79.9. The smallest absolute Gasteiger partial charge is 0.343 e. The van der Waals surface area contributed by atoms with E-state index in [1.165, 1.54) is 0 Å². The van der Waals surface area contributed by atoms with Gasteiger partial charge in [-0.15, -0.1) is 0 Å². The maximum absolute atomic E-state index is 12.5. The Labute approximate surface area is 150 Å². The lowest BCUT2D eigenvalue weighted by Crippen LogP contribution is -2.26. The van der Waals surface area contributed by atoms with Crippen LogP contribution >= 0.6 is 15.9 Å². The number of ether oxygens (including phenoxy) is 1. The average molecular weight is 398 g/mol. The molecule has 1 aromatic carbocycles. The van der Waals surface area contributed by atoms with Crippen molar-refractivity contribution in [3.63, 3.8) is 0 Å². The van der Waals surface area contributed by atoms with E-state index in [9.17, 15) is 10.1 Å². The summed E-state index contributed by atoms with van der Waals surface area (Å²) in [6.45, 7) is 1.66. The second kappa shape index (κ2) is 5.53. The standard InChI is InChI=1S/C18H12BrN3O3/c1-8-4-14-16(18(23)24-8)15(11(6-20)17(21)25-14)12-7-22-13-3-2-9(19)5-10(12)13/h2-5,7,15,22H,21H2,1H3. The number of hydrogen-bond acceptors (Lipinski definition) is 5. The molecule has 3 aromatic rings. The van der Waals surface area contributed by atoms with Crippen molar-refractivity contribution in [1.82, 2.24) is 4.98 Å². The Morgan fingerprint density at radius 3 is 2.92 bits per heavy atom. The zero-order valence-electron chi connectivity index (χ0n) is 13.1. The van der Waals surface area contributed by atoms with Crippen LogP contribution in [0.5, 0.6) is 5.75 Å². The topological polar surface area (TPSA) is 105 Å². The normalized spacial score (nSPS) is 16.4. The molecule has 0 saturated heterocycles. The van der Waals surface area contributed by atoms with Gasteiger partial charge in [-0.25, -0.2) is 4.79 Å². The van der Waals surface area contributed by atoms with Crippen LogP contribution in [0.25, 0.3) is 10.9 Å². The first kappa shape index (κ1) is 15.5. The Balaban J connectivity index is 2.07. The molecule has 124 valence electrons. The molecule has 0 saturated carbocycles. The number of nitrogens with zero attached hydrogens (tertiary/aromatic N) is 1. The minimum absolute atomic E-state index is 0.00523. The van der Waals surface area contributed by atoms with E-state index in [2.05, 4.69) is 27.0 Å². The van der Waals surface area contributed by atoms with Gasteiger partial charge in [0.05, 0.1) is 11.5 Å². The van der Waals surface area contributed by atoms with Gasteiger partial charge in [-0.3, -0.25) is 0 Å². The van der Waals surface area contributed by atoms with E-state index >= 15 is 0 Å². The number of aromatic amines is 1. The lowest BCUT2D eigenvalue weighted by molar-refractivity contribution is 0.372. The van der Waals surface area contributed by atoms with Crippen LogP contribution in [-0.4, -0.2) is 4.98 Å². The van der Waals surface area contributed by atoms with Gasteiger partial charge in [0.25, 0.3) is 0 Å². The van der Waals surface area contributed by atoms with Crippen molar-refractivity contribution in [3.05, 3.63) is 73.7 Å². The van der Waals surface area contributed by atoms with Gasteiger partial charge >= 0.3 is 5.63 Å². The number of aromatic nitrogens is 1. The SMILES string of the molecule is Cc1cc2c(c(=O)o1)C(c1c[nH]c3ccc(Br)cc13)C(C#N)=C(N)O2. The molecule has 0 amide bonds. The molecule has 3 heterocycles. The number of nitriles is 1. The Morgan fingerprint density at radius 2 is 2.16 bits per heavy atom. The molecule has 6 nitrogen and oxygen atoms in total. The van der Waals surface area contributed by atoms with Crippen molar-refractivity contribution in [1.29, 1.82) is 5.26 Å². The first-order chi connectivity index (χ1) is 12.0. The molecule has 0 radical (unpaired) electrons. The van der Waals surface area contributed by atoms with Crippen LogP contribution in [0.15, 0.2) is 55.6 Å². The van der Waals surface area contributed by atoms with E-state index in [-0.39, 0.29) is 17.0 Å². The first-order valence-corrected chi connectivity index (χ1v) is 8.27. The average Bonchev–Trinajstić information content (AvgIpc) is 2.95. The van der Waals surface area contributed by atoms with Gasteiger partial charge < -0.3 is 19.9 Å². The lowest BCUT2D eigenvalue weighted by Gasteiger charge is -2.24. The number of aryl methyl sites for hydroxylation is 1. The van der Waals surface area contributed by atoms with E-state index in [0.717, 1.165) is 20.9 Å². The predicted octanol–water partition coefficient (Wildman–Crippen LogP) is 3.41. The molecule has 1 unspecified atom stereocenters. The van der Waals surface area contributed by atoms with E-state index in [1.54, 1.807) is 19.2 Å². The van der Waals surface area contributed by atoms with E-state index < -0.39 is 11.5 Å². The summed E-state index contributed by atoms with van der Waals surface area (Å²) in [6, 6.07) is 9.44. The number of allylic oxidation sites excluding steroid dienone is 1. The molecule has 1 atom stereocenters. The molecule has 0 bridgehead atoms. The largest absolute Gasteiger partial charge is 0.440 e. The van der Waals surface area contributed by atoms with Gasteiger partial charge in [-0.05, 0) is 30.7 Å². The first-order valence-electron chi connectivity index (χ1n) is 7.48. The Kier molecular flexibility index (Phi) is 3.44. The zero-order chi connectivity index (χ0) is 17.7. The molecule has 0 aliphatic carbocycles. The maximum atomic E-state index is 12.5. The Bertz CT molecular complexity index is 1150. The summed E-state index contributed by atoms with van der Waals surface area (Å²) in [6.07, 6.45) is 1.78. The second-order valence-electron chi connectivity index (χ2n) is 5.78. The molecule has 0 spiro atoms. The Hall–Kier alpha value is -2.98. The number of nitrogens with two attached hydrogens (primary N) is 1. The highest BCUT2D eigenvalue weighted by molar-refractivity contribution is 9.10. The number of benzene rings is 1. The van der Waals surface area contributed by atoms with Gasteiger partial charge in [-0.2, -0.15) is 5.26 Å². The zero-order valence-corrected chi connectivity index (χ0v) is 14.7. The van der Waals surface area contributed by atoms with E-state index in [4.69, 9.17) is 14.9 Å². The minimum Gasteiger partial charge on any atom is -0.440 e. The molecule has 1 aliphatic heterocycles. The number of hydrogen-bond donors (Lipinski definition) is 2. The minimum atomic E-state index is -0.659. The third-order valence-corrected chi connectivity index (χ3v) is 4.74. The number of fused-ring (bicyclic) bond motifs is 2. The van der Waals surface area contributed by atoms with Crippen LogP contribution in [0.1, 0.15) is 22.8 Å². The van der Waals surface area contributed by atoms with Crippen molar-refractivity contribution in [2.45, 2.75) is 12.8 Å². The lowest BCUT2D eigenvalue weighted by atomic mass is 9.84. The summed E-state index contributed by atoms with van der Waals surface area (Å²) < 4.78 is 11.6. The molecular formula is C18H12BrN3O3. The van der Waals surface area contributed by atoms with Crippen molar-refractivity contribution in [3.8, 4) is 11.8 Å². The number of nitrogens with one attached hydrogen (secondary N) is 1. The van der Waals surface area contributed by atoms with Gasteiger partial charge in [0.15, 0.2) is 0 Å². The molecule has 7 heteroatoms. The van der Waals surface area contributed by atoms with Gasteiger partial charge in [0, 0.05) is 27.6 Å². The number of H-pyrrole nitrogens is 1. The van der Waals surface area contributed by atoms with Crippen molar-refractivity contribution in [2.75, 3.05) is 0 Å². The van der Waals surface area contributed by atoms with Gasteiger partial charge in [-0.1, -0.05) is 15.9 Å². The number of rotatable bonds is 1. The summed E-state index contributed by atoms with van der Waals surface area (Å²) in [7, 11) is 0. The molecule has 2 aromatic heterocycles. The third-order valence-electron chi connectivity index (χ3n) is 4.24. The fourth-order valence-corrected chi connectivity index (χ4v) is 3.54. The van der Waals surface area contributed by atoms with Gasteiger partial charge in [0.1, 0.15) is 23.2 Å². The van der Waals surface area contributed by atoms with Crippen LogP contribution in [0.3, 0.4) is 0 Å². The van der Waals surface area contributed by atoms with Crippen molar-refractivity contribution in [2.24, 2.45) is 5.73 Å². The summed E-state index contributed by atoms with van der Waals surface area (Å²) in [5.41, 5.74) is 7.53. The quantitative estimate of drug-likeness (QED) is 0.654. The molecule has 0 fully saturated rings. The van der Waals surface area contributed by atoms with Crippen LogP contribution in [-0.2, 0) is 0 Å². The summed E-state index contributed by atoms with van der Waals surface area (Å²) in [5, 5.41) is 10.5. The van der Waals surface area contributed by atoms with Crippen molar-refractivity contribution >= 4 is 26.8 Å². The Morgan fingerprint density at radius 1 is 1.36 bits per heavy atom. The fourth-order valence-electron chi connectivity index (χ4n) is 3.18. The predicted molar refractivity (Wildman–Crippen MR) is 95.0 cm³/mol. The number of halogens is 1. The second-order valence-corrected chi connectivity index (χ2v) is 6.70. The summed E-state index contributed by atoms with van der Waals surface area (Å²) >= 11 is 3.45. The third kappa shape index (κ3) is 2.34. The fraction of sp³-hybridized carbons (Fsp3) is 0.111. The maximum Gasteiger partial charge on any atom is 0.343 e. The van der Waals surface area contributed by atoms with E-state index in [1.807, 2.05) is 18.2 Å². The van der Waals surface area contributed by atoms with E-state index in [0.29, 0.717) is 11.5 Å². The van der Waals surface area contributed by atoms with Gasteiger partial charge in [0.2, 0.25) is 5.88 Å². The van der Waals surface area contributed by atoms with Crippen LogP contribution < -0.4 is 16.1 Å². The monoisotopic (exact) mass is 397 g/mol. The highest BCUT2D eigenvalue weighted by Gasteiger charge is 2.35. The van der Waals surface area contributed by atoms with Crippen LogP contribution in [0.4, 0.5) is 0 Å². The molecule has 1 aliphatic rings. The van der Waals surface area contributed by atoms with Crippen LogP contribution in [0, 0.1) is 18.3 Å². The highest BCUT2D eigenvalue weighted by Crippen LogP contribution is 2.43. The van der Waals surface area contributed by atoms with Crippen molar-refractivity contribution < 1.29 is 9.15 Å². The molecular weight excluding hydrogens is 386 g/mol. The van der Waals surface area contributed by atoms with Crippen LogP contribution in [0.2, 0.25) is 0 Å². The molecule has 4 rings (SSSR count). The summed E-state index contributed by atoms with van der Waals surface area (Å²) in [4.78, 5) is 15.7.